The molecule has 0 aromatic carbocycles. The minimum absolute atomic E-state index is 0.176. The van der Waals surface area contributed by atoms with Crippen molar-refractivity contribution in [1.82, 2.24) is 10.2 Å². The molecule has 1 fully saturated rings. The van der Waals surface area contributed by atoms with E-state index in [4.69, 9.17) is 9.47 Å². The average molecular weight is 328 g/mol. The van der Waals surface area contributed by atoms with E-state index in [0.29, 0.717) is 24.6 Å². The van der Waals surface area contributed by atoms with Crippen LogP contribution in [0, 0.1) is 5.92 Å². The average Bonchev–Trinajstić information content (AvgIpc) is 2.84. The molecule has 0 bridgehead atoms. The molecule has 3 unspecified atom stereocenters. The third-order valence-electron chi connectivity index (χ3n) is 4.28. The molecule has 1 aliphatic rings. The molecule has 0 spiro atoms. The van der Waals surface area contributed by atoms with E-state index in [1.54, 1.807) is 7.11 Å². The smallest absolute Gasteiger partial charge is 0.410 e. The van der Waals surface area contributed by atoms with Crippen LogP contribution in [-0.2, 0) is 9.47 Å². The normalized spacial score (nSPS) is 21.6. The predicted molar refractivity (Wildman–Crippen MR) is 93.7 cm³/mol. The van der Waals surface area contributed by atoms with Gasteiger partial charge in [-0.1, -0.05) is 13.8 Å². The molecule has 1 rings (SSSR count). The van der Waals surface area contributed by atoms with Crippen molar-refractivity contribution in [2.24, 2.45) is 5.92 Å². The number of hydrogen-bond donors (Lipinski definition) is 1. The highest BCUT2D eigenvalue weighted by atomic mass is 16.6. The van der Waals surface area contributed by atoms with Gasteiger partial charge in [0, 0.05) is 31.8 Å². The highest BCUT2D eigenvalue weighted by Crippen LogP contribution is 2.24. The standard InChI is InChI=1S/C18H36N2O3/c1-13(2)16(12-22-7)19-14(3)11-15-9-8-10-20(15)17(21)23-18(4,5)6/h13-16,19H,8-12H2,1-7H3. The summed E-state index contributed by atoms with van der Waals surface area (Å²) in [5.74, 6) is 0.517. The van der Waals surface area contributed by atoms with Gasteiger partial charge >= 0.3 is 6.09 Å². The fraction of sp³-hybridized carbons (Fsp3) is 0.944. The Kier molecular flexibility index (Phi) is 7.81. The first-order valence-corrected chi connectivity index (χ1v) is 8.88. The first kappa shape index (κ1) is 20.2. The summed E-state index contributed by atoms with van der Waals surface area (Å²) in [6, 6.07) is 0.944. The minimum atomic E-state index is -0.435. The Morgan fingerprint density at radius 2 is 1.96 bits per heavy atom. The van der Waals surface area contributed by atoms with Crippen molar-refractivity contribution in [2.75, 3.05) is 20.3 Å². The van der Waals surface area contributed by atoms with Gasteiger partial charge in [0.05, 0.1) is 6.61 Å². The van der Waals surface area contributed by atoms with E-state index in [9.17, 15) is 4.79 Å². The minimum Gasteiger partial charge on any atom is -0.444 e. The molecule has 1 aliphatic heterocycles. The van der Waals surface area contributed by atoms with Crippen molar-refractivity contribution in [3.8, 4) is 0 Å². The van der Waals surface area contributed by atoms with Gasteiger partial charge in [-0.05, 0) is 52.9 Å². The van der Waals surface area contributed by atoms with Gasteiger partial charge in [-0.2, -0.15) is 0 Å². The van der Waals surface area contributed by atoms with Crippen LogP contribution in [0.3, 0.4) is 0 Å². The number of nitrogens with zero attached hydrogens (tertiary/aromatic N) is 1. The third-order valence-corrected chi connectivity index (χ3v) is 4.28. The maximum Gasteiger partial charge on any atom is 0.410 e. The Balaban J connectivity index is 2.55. The molecule has 1 saturated heterocycles. The van der Waals surface area contributed by atoms with Crippen LogP contribution in [0.15, 0.2) is 0 Å². The Morgan fingerprint density at radius 3 is 2.48 bits per heavy atom. The molecule has 5 heteroatoms. The van der Waals surface area contributed by atoms with Crippen LogP contribution < -0.4 is 5.32 Å². The molecule has 23 heavy (non-hydrogen) atoms. The van der Waals surface area contributed by atoms with E-state index in [2.05, 4.69) is 26.1 Å². The van der Waals surface area contributed by atoms with E-state index >= 15 is 0 Å². The SMILES string of the molecule is COCC(NC(C)CC1CCCN1C(=O)OC(C)(C)C)C(C)C. The first-order chi connectivity index (χ1) is 10.6. The summed E-state index contributed by atoms with van der Waals surface area (Å²) in [6.45, 7) is 13.9. The van der Waals surface area contributed by atoms with Crippen LogP contribution in [0.1, 0.15) is 60.8 Å². The summed E-state index contributed by atoms with van der Waals surface area (Å²) in [5, 5.41) is 3.65. The molecular weight excluding hydrogens is 292 g/mol. The highest BCUT2D eigenvalue weighted by molar-refractivity contribution is 5.68. The van der Waals surface area contributed by atoms with Crippen molar-refractivity contribution in [3.05, 3.63) is 0 Å². The van der Waals surface area contributed by atoms with Crippen LogP contribution in [0.5, 0.6) is 0 Å². The number of amides is 1. The lowest BCUT2D eigenvalue weighted by molar-refractivity contribution is 0.0211. The van der Waals surface area contributed by atoms with E-state index < -0.39 is 5.60 Å². The van der Waals surface area contributed by atoms with Crippen LogP contribution in [-0.4, -0.2) is 55.0 Å². The van der Waals surface area contributed by atoms with Crippen LogP contribution in [0.4, 0.5) is 4.79 Å². The summed E-state index contributed by atoms with van der Waals surface area (Å²) in [6.07, 6.45) is 2.89. The Labute approximate surface area is 142 Å². The highest BCUT2D eigenvalue weighted by Gasteiger charge is 2.33. The molecule has 0 aromatic heterocycles. The molecule has 136 valence electrons. The van der Waals surface area contributed by atoms with Crippen molar-refractivity contribution in [2.45, 2.75) is 84.5 Å². The summed E-state index contributed by atoms with van der Waals surface area (Å²) < 4.78 is 10.8. The Morgan fingerprint density at radius 1 is 1.30 bits per heavy atom. The van der Waals surface area contributed by atoms with Gasteiger partial charge in [0.25, 0.3) is 0 Å². The van der Waals surface area contributed by atoms with Gasteiger partial charge in [-0.15, -0.1) is 0 Å². The van der Waals surface area contributed by atoms with E-state index in [1.807, 2.05) is 25.7 Å². The second-order valence-electron chi connectivity index (χ2n) is 8.08. The maximum atomic E-state index is 12.3. The molecule has 0 radical (unpaired) electrons. The fourth-order valence-electron chi connectivity index (χ4n) is 3.10. The predicted octanol–water partition coefficient (Wildman–Crippen LogP) is 3.43. The summed E-state index contributed by atoms with van der Waals surface area (Å²) in [7, 11) is 1.74. The molecule has 1 N–H and O–H groups in total. The van der Waals surface area contributed by atoms with E-state index in [0.717, 1.165) is 25.8 Å². The number of carbonyl (C=O) groups excluding carboxylic acids is 1. The van der Waals surface area contributed by atoms with Crippen molar-refractivity contribution < 1.29 is 14.3 Å². The molecule has 1 heterocycles. The van der Waals surface area contributed by atoms with Gasteiger partial charge in [-0.3, -0.25) is 0 Å². The Hall–Kier alpha value is -0.810. The molecule has 1 amide bonds. The maximum absolute atomic E-state index is 12.3. The quantitative estimate of drug-likeness (QED) is 0.778. The third kappa shape index (κ3) is 7.08. The topological polar surface area (TPSA) is 50.8 Å². The lowest BCUT2D eigenvalue weighted by Gasteiger charge is -2.32. The Bertz CT molecular complexity index is 366. The zero-order valence-corrected chi connectivity index (χ0v) is 16.0. The molecule has 0 aliphatic carbocycles. The number of methoxy groups -OCH3 is 1. The van der Waals surface area contributed by atoms with Crippen molar-refractivity contribution >= 4 is 6.09 Å². The molecular formula is C18H36N2O3. The van der Waals surface area contributed by atoms with E-state index in [1.165, 1.54) is 0 Å². The lowest BCUT2D eigenvalue weighted by atomic mass is 10.0. The van der Waals surface area contributed by atoms with Gasteiger partial charge in [0.2, 0.25) is 0 Å². The number of ether oxygens (including phenoxy) is 2. The van der Waals surface area contributed by atoms with Crippen molar-refractivity contribution in [3.63, 3.8) is 0 Å². The number of carbonyl (C=O) groups is 1. The van der Waals surface area contributed by atoms with Crippen LogP contribution in [0.25, 0.3) is 0 Å². The van der Waals surface area contributed by atoms with Gasteiger partial charge in [0.1, 0.15) is 5.60 Å². The molecule has 0 saturated carbocycles. The first-order valence-electron chi connectivity index (χ1n) is 8.88. The number of likely N-dealkylation sites (tertiary alicyclic amines) is 1. The fourth-order valence-corrected chi connectivity index (χ4v) is 3.10. The summed E-state index contributed by atoms with van der Waals surface area (Å²) in [4.78, 5) is 14.3. The summed E-state index contributed by atoms with van der Waals surface area (Å²) >= 11 is 0. The largest absolute Gasteiger partial charge is 0.444 e. The second kappa shape index (κ2) is 8.88. The number of rotatable bonds is 7. The molecule has 3 atom stereocenters. The van der Waals surface area contributed by atoms with Crippen molar-refractivity contribution in [1.29, 1.82) is 0 Å². The van der Waals surface area contributed by atoms with Crippen LogP contribution in [0.2, 0.25) is 0 Å². The van der Waals surface area contributed by atoms with Crippen LogP contribution >= 0.6 is 0 Å². The number of hydrogen-bond acceptors (Lipinski definition) is 4. The zero-order valence-electron chi connectivity index (χ0n) is 16.0. The van der Waals surface area contributed by atoms with Gasteiger partial charge in [-0.25, -0.2) is 4.79 Å². The lowest BCUT2D eigenvalue weighted by Crippen LogP contribution is -2.47. The van der Waals surface area contributed by atoms with Gasteiger partial charge < -0.3 is 19.7 Å². The van der Waals surface area contributed by atoms with Gasteiger partial charge in [0.15, 0.2) is 0 Å². The molecule has 5 nitrogen and oxygen atoms in total. The second-order valence-corrected chi connectivity index (χ2v) is 8.08. The number of nitrogens with one attached hydrogen (secondary N) is 1. The molecule has 0 aromatic rings. The monoisotopic (exact) mass is 328 g/mol. The zero-order chi connectivity index (χ0) is 17.6. The van der Waals surface area contributed by atoms with E-state index in [-0.39, 0.29) is 12.1 Å². The summed E-state index contributed by atoms with van der Waals surface area (Å²) in [5.41, 5.74) is -0.435.